The average Bonchev–Trinajstić information content (AvgIpc) is 3.42. The highest BCUT2D eigenvalue weighted by atomic mass is 35.5. The number of nitrogens with zero attached hydrogens (tertiary/aromatic N) is 2. The Bertz CT molecular complexity index is 1100. The van der Waals surface area contributed by atoms with E-state index in [1.807, 2.05) is 0 Å². The molecule has 0 aromatic heterocycles. The van der Waals surface area contributed by atoms with E-state index in [-0.39, 0.29) is 34.3 Å². The molecule has 2 aromatic carbocycles. The van der Waals surface area contributed by atoms with Crippen LogP contribution in [0.5, 0.6) is 5.75 Å². The summed E-state index contributed by atoms with van der Waals surface area (Å²) < 4.78 is 21.0. The lowest BCUT2D eigenvalue weighted by Crippen LogP contribution is -2.39. The molecule has 7 nitrogen and oxygen atoms in total. The number of hydrogen-bond donors (Lipinski definition) is 2. The Hall–Kier alpha value is -2.39. The van der Waals surface area contributed by atoms with E-state index in [0.717, 1.165) is 4.90 Å². The summed E-state index contributed by atoms with van der Waals surface area (Å²) in [5, 5.41) is 13.1. The number of halogens is 3. The van der Waals surface area contributed by atoms with Crippen molar-refractivity contribution in [2.75, 3.05) is 24.5 Å². The fourth-order valence-electron chi connectivity index (χ4n) is 4.69. The largest absolute Gasteiger partial charge is 0.482 e. The van der Waals surface area contributed by atoms with Crippen LogP contribution in [0.2, 0.25) is 10.0 Å². The van der Waals surface area contributed by atoms with Gasteiger partial charge in [0, 0.05) is 29.7 Å². The number of aliphatic hydroxyl groups is 1. The lowest BCUT2D eigenvalue weighted by Gasteiger charge is -2.30. The third-order valence-corrected chi connectivity index (χ3v) is 6.73. The number of carbonyl (C=O) groups is 2. The molecule has 3 amide bonds. The van der Waals surface area contributed by atoms with Crippen molar-refractivity contribution < 1.29 is 23.8 Å². The van der Waals surface area contributed by atoms with Crippen LogP contribution in [0, 0.1) is 5.82 Å². The summed E-state index contributed by atoms with van der Waals surface area (Å²) in [7, 11) is 0. The van der Waals surface area contributed by atoms with Crippen LogP contribution in [0.3, 0.4) is 0 Å². The van der Waals surface area contributed by atoms with E-state index in [1.54, 1.807) is 18.2 Å². The van der Waals surface area contributed by atoms with Gasteiger partial charge in [-0.1, -0.05) is 23.2 Å². The van der Waals surface area contributed by atoms with E-state index in [2.05, 4.69) is 10.2 Å². The van der Waals surface area contributed by atoms with Crippen LogP contribution in [0.15, 0.2) is 30.3 Å². The first-order valence-corrected chi connectivity index (χ1v) is 11.0. The molecule has 2 N–H and O–H groups in total. The zero-order valence-electron chi connectivity index (χ0n) is 16.9. The number of rotatable bonds is 4. The van der Waals surface area contributed by atoms with Gasteiger partial charge >= 0.3 is 6.03 Å². The van der Waals surface area contributed by atoms with Crippen LogP contribution < -0.4 is 15.0 Å². The predicted octanol–water partition coefficient (Wildman–Crippen LogP) is 3.30. The highest BCUT2D eigenvalue weighted by molar-refractivity contribution is 6.32. The van der Waals surface area contributed by atoms with Crippen LogP contribution >= 0.6 is 23.2 Å². The molecule has 5 rings (SSSR count). The smallest absolute Gasteiger partial charge is 0.329 e. The molecular weight excluding hydrogens is 460 g/mol. The molecule has 0 radical (unpaired) electrons. The maximum Gasteiger partial charge on any atom is 0.329 e. The van der Waals surface area contributed by atoms with E-state index in [1.165, 1.54) is 12.1 Å². The number of ether oxygens (including phenoxy) is 1. The zero-order valence-corrected chi connectivity index (χ0v) is 18.4. The topological polar surface area (TPSA) is 82.1 Å². The summed E-state index contributed by atoms with van der Waals surface area (Å²) in [5.74, 6) is -0.519. The lowest BCUT2D eigenvalue weighted by molar-refractivity contribution is -0.115. The van der Waals surface area contributed by atoms with E-state index >= 15 is 0 Å². The number of likely N-dealkylation sites (tertiary alicyclic amines) is 1. The van der Waals surface area contributed by atoms with E-state index in [0.29, 0.717) is 42.7 Å². The van der Waals surface area contributed by atoms with Crippen LogP contribution in [0.1, 0.15) is 23.7 Å². The highest BCUT2D eigenvalue weighted by Crippen LogP contribution is 2.43. The zero-order chi connectivity index (χ0) is 22.6. The summed E-state index contributed by atoms with van der Waals surface area (Å²) in [6, 6.07) is 6.86. The molecule has 0 unspecified atom stereocenters. The SMILES string of the molecule is O=C1CNC(=O)N1c1ccc(Cl)c(O[C@H]2c3cc(Cl)cc(F)c3C[C@@H]2N2CC[C@@H](O)C2)c1. The summed E-state index contributed by atoms with van der Waals surface area (Å²) in [6.07, 6.45) is -0.00980. The van der Waals surface area contributed by atoms with Crippen molar-refractivity contribution in [2.45, 2.75) is 31.1 Å². The van der Waals surface area contributed by atoms with Gasteiger partial charge in [-0.05, 0) is 42.7 Å². The van der Waals surface area contributed by atoms with Gasteiger partial charge in [-0.25, -0.2) is 14.1 Å². The van der Waals surface area contributed by atoms with E-state index in [9.17, 15) is 19.1 Å². The third kappa shape index (κ3) is 3.71. The standard InChI is InChI=1S/C22H20Cl2FN3O4/c23-11-5-15-14(17(25)6-11)8-18(27-4-3-13(29)10-27)21(15)32-19-7-12(1-2-16(19)24)28-20(30)9-26-22(28)31/h1-2,5-7,13,18,21,29H,3-4,8-10H2,(H,26,31)/t13-,18+,21+/m1/s1. The Kier molecular flexibility index (Phi) is 5.49. The number of nitrogens with one attached hydrogen (secondary N) is 1. The molecule has 2 saturated heterocycles. The Morgan fingerprint density at radius 2 is 2.00 bits per heavy atom. The fraction of sp³-hybridized carbons (Fsp3) is 0.364. The minimum atomic E-state index is -0.598. The molecule has 2 fully saturated rings. The maximum atomic E-state index is 14.7. The molecule has 3 atom stereocenters. The minimum absolute atomic E-state index is 0.0786. The summed E-state index contributed by atoms with van der Waals surface area (Å²) in [5.41, 5.74) is 1.47. The van der Waals surface area contributed by atoms with E-state index in [4.69, 9.17) is 27.9 Å². The second-order valence-corrected chi connectivity index (χ2v) is 9.05. The Morgan fingerprint density at radius 3 is 2.69 bits per heavy atom. The minimum Gasteiger partial charge on any atom is -0.482 e. The van der Waals surface area contributed by atoms with Gasteiger partial charge < -0.3 is 15.2 Å². The molecule has 0 bridgehead atoms. The van der Waals surface area contributed by atoms with Crippen molar-refractivity contribution >= 4 is 40.8 Å². The summed E-state index contributed by atoms with van der Waals surface area (Å²) in [4.78, 5) is 27.3. The van der Waals surface area contributed by atoms with Gasteiger partial charge in [0.2, 0.25) is 0 Å². The Labute approximate surface area is 193 Å². The number of aliphatic hydroxyl groups excluding tert-OH is 1. The van der Waals surface area contributed by atoms with Gasteiger partial charge in [-0.3, -0.25) is 9.69 Å². The van der Waals surface area contributed by atoms with Gasteiger partial charge in [0.15, 0.2) is 0 Å². The van der Waals surface area contributed by atoms with Gasteiger partial charge in [0.05, 0.1) is 29.4 Å². The number of imide groups is 1. The van der Waals surface area contributed by atoms with Gasteiger partial charge in [0.1, 0.15) is 17.7 Å². The molecule has 2 heterocycles. The summed E-state index contributed by atoms with van der Waals surface area (Å²) in [6.45, 7) is 1.04. The van der Waals surface area contributed by atoms with Crippen LogP contribution in [-0.4, -0.2) is 53.7 Å². The second kappa shape index (κ2) is 8.19. The van der Waals surface area contributed by atoms with Crippen molar-refractivity contribution in [1.29, 1.82) is 0 Å². The third-order valence-electron chi connectivity index (χ3n) is 6.20. The predicted molar refractivity (Wildman–Crippen MR) is 117 cm³/mol. The highest BCUT2D eigenvalue weighted by Gasteiger charge is 2.42. The number of fused-ring (bicyclic) bond motifs is 1. The number of urea groups is 1. The van der Waals surface area contributed by atoms with Crippen LogP contribution in [-0.2, 0) is 11.2 Å². The molecule has 168 valence electrons. The van der Waals surface area contributed by atoms with Crippen molar-refractivity contribution in [3.05, 3.63) is 57.3 Å². The molecule has 3 aliphatic rings. The number of benzene rings is 2. The van der Waals surface area contributed by atoms with Gasteiger partial charge in [-0.2, -0.15) is 0 Å². The number of hydrogen-bond acceptors (Lipinski definition) is 5. The monoisotopic (exact) mass is 479 g/mol. The Balaban J connectivity index is 1.52. The fourth-order valence-corrected chi connectivity index (χ4v) is 5.07. The quantitative estimate of drug-likeness (QED) is 0.657. The number of β-amino-alcohol motifs (C(OH)–C–C–N with tert-alkyl or cyclic N) is 1. The number of amides is 3. The van der Waals surface area contributed by atoms with Crippen LogP contribution in [0.4, 0.5) is 14.9 Å². The Morgan fingerprint density at radius 1 is 1.19 bits per heavy atom. The molecule has 2 aromatic rings. The first kappa shape index (κ1) is 21.5. The maximum absolute atomic E-state index is 14.7. The molecule has 32 heavy (non-hydrogen) atoms. The first-order valence-electron chi connectivity index (χ1n) is 10.3. The normalized spacial score (nSPS) is 25.4. The molecule has 0 spiro atoms. The second-order valence-electron chi connectivity index (χ2n) is 8.21. The molecule has 0 saturated carbocycles. The molecule has 10 heteroatoms. The molecule has 2 aliphatic heterocycles. The van der Waals surface area contributed by atoms with Crippen molar-refractivity contribution in [3.8, 4) is 5.75 Å². The van der Waals surface area contributed by atoms with E-state index < -0.39 is 24.1 Å². The molecular formula is C22H20Cl2FN3O4. The van der Waals surface area contributed by atoms with Gasteiger partial charge in [-0.15, -0.1) is 0 Å². The average molecular weight is 480 g/mol. The summed E-state index contributed by atoms with van der Waals surface area (Å²) >= 11 is 12.5. The first-order chi connectivity index (χ1) is 15.3. The van der Waals surface area contributed by atoms with Crippen molar-refractivity contribution in [2.24, 2.45) is 0 Å². The van der Waals surface area contributed by atoms with Crippen molar-refractivity contribution in [3.63, 3.8) is 0 Å². The lowest BCUT2D eigenvalue weighted by atomic mass is 10.1. The molecule has 1 aliphatic carbocycles. The number of carbonyl (C=O) groups excluding carboxylic acids is 2. The van der Waals surface area contributed by atoms with Gasteiger partial charge in [0.25, 0.3) is 5.91 Å². The van der Waals surface area contributed by atoms with Crippen molar-refractivity contribution in [1.82, 2.24) is 10.2 Å². The number of anilines is 1. The van der Waals surface area contributed by atoms with Crippen LogP contribution in [0.25, 0.3) is 0 Å².